The van der Waals surface area contributed by atoms with Crippen LogP contribution in [0.25, 0.3) is 17.8 Å². The van der Waals surface area contributed by atoms with Crippen molar-refractivity contribution < 1.29 is 0 Å². The highest BCUT2D eigenvalue weighted by atomic mass is 35.5. The smallest absolute Gasteiger partial charge is 0.0639 e. The largest absolute Gasteiger partial charge is 0.385 e. The number of nitrogens with one attached hydrogen (secondary N) is 2. The predicted octanol–water partition coefficient (Wildman–Crippen LogP) is 6.12. The van der Waals surface area contributed by atoms with Crippen molar-refractivity contribution in [3.05, 3.63) is 94.0 Å². The molecular weight excluding hydrogens is 378 g/mol. The quantitative estimate of drug-likeness (QED) is 0.384. The van der Waals surface area contributed by atoms with Crippen LogP contribution in [0, 0.1) is 0 Å². The number of nitrogens with zero attached hydrogens (tertiary/aromatic N) is 1. The number of hydrogen-bond donors (Lipinski definition) is 2. The summed E-state index contributed by atoms with van der Waals surface area (Å²) >= 11 is 6.18. The molecule has 0 bridgehead atoms. The zero-order valence-corrected chi connectivity index (χ0v) is 17.5. The standard InChI is InChI=1S/C25H26ClN3/c1-3-4-5-14-27-17-20-9-11-21(12-10-20)19(2)28-15-13-22-18-29-25-8-6-7-23(26)16-24(22)25/h4-5,7-12,14,16,18,28-29H,2-3,13,15,17H2,1H3/b5-4-,27-14-. The number of rotatable bonds is 9. The number of aliphatic imine (C=N–C) groups is 1. The van der Waals surface area contributed by atoms with E-state index in [2.05, 4.69) is 64.9 Å². The predicted molar refractivity (Wildman–Crippen MR) is 126 cm³/mol. The number of hydrogen-bond acceptors (Lipinski definition) is 2. The first-order valence-corrected chi connectivity index (χ1v) is 10.2. The lowest BCUT2D eigenvalue weighted by Crippen LogP contribution is -2.15. The minimum absolute atomic E-state index is 0.684. The summed E-state index contributed by atoms with van der Waals surface area (Å²) in [5, 5.41) is 4.11. The second kappa shape index (κ2) is 10.5. The average Bonchev–Trinajstić information content (AvgIpc) is 2.99. The molecule has 1 aromatic carbocycles. The third-order valence-electron chi connectivity index (χ3n) is 4.64. The van der Waals surface area contributed by atoms with Crippen LogP contribution in [0.1, 0.15) is 41.3 Å². The maximum atomic E-state index is 6.18. The fraction of sp³-hybridized carbons (Fsp3) is 0.200. The van der Waals surface area contributed by atoms with Gasteiger partial charge in [0.05, 0.1) is 12.2 Å². The molecule has 0 amide bonds. The van der Waals surface area contributed by atoms with E-state index in [1.54, 1.807) is 6.08 Å². The van der Waals surface area contributed by atoms with Gasteiger partial charge in [-0.3, -0.25) is 4.99 Å². The summed E-state index contributed by atoms with van der Waals surface area (Å²) in [5.41, 5.74) is 9.64. The molecule has 1 aliphatic rings. The van der Waals surface area contributed by atoms with Crippen molar-refractivity contribution in [3.8, 4) is 0 Å². The van der Waals surface area contributed by atoms with Gasteiger partial charge >= 0.3 is 0 Å². The van der Waals surface area contributed by atoms with E-state index in [1.807, 2.05) is 30.6 Å². The van der Waals surface area contributed by atoms with Gasteiger partial charge in [-0.15, -0.1) is 5.73 Å². The normalized spacial score (nSPS) is 13.0. The number of benzene rings is 1. The van der Waals surface area contributed by atoms with Crippen molar-refractivity contribution in [3.63, 3.8) is 0 Å². The molecule has 0 aliphatic heterocycles. The molecule has 4 heteroatoms. The molecule has 2 N–H and O–H groups in total. The molecule has 3 rings (SSSR count). The molecule has 0 fully saturated rings. The number of H-pyrrole nitrogens is 1. The molecule has 0 spiro atoms. The molecule has 1 aromatic heterocycles. The van der Waals surface area contributed by atoms with Crippen LogP contribution < -0.4 is 5.32 Å². The average molecular weight is 404 g/mol. The van der Waals surface area contributed by atoms with E-state index >= 15 is 0 Å². The lowest BCUT2D eigenvalue weighted by Gasteiger charge is -2.10. The van der Waals surface area contributed by atoms with E-state index in [9.17, 15) is 0 Å². The Morgan fingerprint density at radius 1 is 1.28 bits per heavy atom. The molecule has 29 heavy (non-hydrogen) atoms. The van der Waals surface area contributed by atoms with Crippen LogP contribution in [-0.2, 0) is 13.0 Å². The summed E-state index contributed by atoms with van der Waals surface area (Å²) in [5.74, 6) is 0. The summed E-state index contributed by atoms with van der Waals surface area (Å²) < 4.78 is 0. The minimum atomic E-state index is 0.684. The van der Waals surface area contributed by atoms with Crippen molar-refractivity contribution in [1.82, 2.24) is 10.3 Å². The Labute approximate surface area is 177 Å². The molecule has 0 unspecified atom stereocenters. The molecule has 0 atom stereocenters. The van der Waals surface area contributed by atoms with E-state index in [0.717, 1.165) is 41.9 Å². The van der Waals surface area contributed by atoms with E-state index in [4.69, 9.17) is 11.6 Å². The zero-order chi connectivity index (χ0) is 20.5. The molecule has 1 heterocycles. The first kappa shape index (κ1) is 20.7. The molecule has 1 aliphatic carbocycles. The fourth-order valence-electron chi connectivity index (χ4n) is 3.05. The van der Waals surface area contributed by atoms with Crippen LogP contribution >= 0.6 is 11.6 Å². The van der Waals surface area contributed by atoms with Crippen LogP contribution in [-0.4, -0.2) is 17.7 Å². The van der Waals surface area contributed by atoms with Crippen LogP contribution in [0.5, 0.6) is 0 Å². The van der Waals surface area contributed by atoms with Gasteiger partial charge in [0, 0.05) is 41.3 Å². The van der Waals surface area contributed by atoms with Gasteiger partial charge in [-0.2, -0.15) is 0 Å². The van der Waals surface area contributed by atoms with Crippen LogP contribution in [0.15, 0.2) is 71.0 Å². The molecule has 148 valence electrons. The minimum Gasteiger partial charge on any atom is -0.385 e. The van der Waals surface area contributed by atoms with Crippen molar-refractivity contribution in [1.29, 1.82) is 0 Å². The topological polar surface area (TPSA) is 40.2 Å². The SMILES string of the molecule is C=C(NCCc1c[nH]c2c1C=C(Cl)C=C=C2)c1ccc(C/N=C\C=C/CC)cc1. The zero-order valence-electron chi connectivity index (χ0n) is 16.7. The van der Waals surface area contributed by atoms with E-state index in [0.29, 0.717) is 11.6 Å². The Morgan fingerprint density at radius 3 is 2.90 bits per heavy atom. The maximum Gasteiger partial charge on any atom is 0.0639 e. The first-order chi connectivity index (χ1) is 14.2. The third kappa shape index (κ3) is 5.99. The molecule has 0 radical (unpaired) electrons. The summed E-state index contributed by atoms with van der Waals surface area (Å²) in [7, 11) is 0. The number of fused-ring (bicyclic) bond motifs is 1. The Morgan fingerprint density at radius 2 is 2.10 bits per heavy atom. The van der Waals surface area contributed by atoms with Crippen molar-refractivity contribution in [2.75, 3.05) is 6.54 Å². The van der Waals surface area contributed by atoms with Gasteiger partial charge in [0.25, 0.3) is 0 Å². The lowest BCUT2D eigenvalue weighted by atomic mass is 10.1. The van der Waals surface area contributed by atoms with Crippen LogP contribution in [0.2, 0.25) is 0 Å². The number of aromatic amines is 1. The highest BCUT2D eigenvalue weighted by molar-refractivity contribution is 6.33. The third-order valence-corrected chi connectivity index (χ3v) is 4.86. The molecule has 2 aromatic rings. The van der Waals surface area contributed by atoms with Crippen molar-refractivity contribution >= 4 is 35.7 Å². The van der Waals surface area contributed by atoms with Gasteiger partial charge in [0.1, 0.15) is 0 Å². The second-order valence-electron chi connectivity index (χ2n) is 6.80. The number of allylic oxidation sites excluding steroid dienone is 4. The Hall–Kier alpha value is -3.00. The second-order valence-corrected chi connectivity index (χ2v) is 7.24. The number of aromatic nitrogens is 1. The van der Waals surface area contributed by atoms with E-state index in [-0.39, 0.29) is 0 Å². The highest BCUT2D eigenvalue weighted by Crippen LogP contribution is 2.23. The van der Waals surface area contributed by atoms with Crippen molar-refractivity contribution in [2.45, 2.75) is 26.3 Å². The van der Waals surface area contributed by atoms with E-state index < -0.39 is 0 Å². The summed E-state index contributed by atoms with van der Waals surface area (Å²) in [4.78, 5) is 7.69. The van der Waals surface area contributed by atoms with Crippen LogP contribution in [0.3, 0.4) is 0 Å². The summed E-state index contributed by atoms with van der Waals surface area (Å²) in [6.45, 7) is 7.76. The van der Waals surface area contributed by atoms with Crippen LogP contribution in [0.4, 0.5) is 0 Å². The van der Waals surface area contributed by atoms with Gasteiger partial charge in [0.15, 0.2) is 0 Å². The summed E-state index contributed by atoms with van der Waals surface area (Å²) in [6, 6.07) is 8.37. The highest BCUT2D eigenvalue weighted by Gasteiger charge is 2.09. The molecule has 0 saturated carbocycles. The van der Waals surface area contributed by atoms with Gasteiger partial charge < -0.3 is 10.3 Å². The molecule has 0 saturated heterocycles. The number of halogens is 1. The van der Waals surface area contributed by atoms with Gasteiger partial charge in [0.2, 0.25) is 0 Å². The Balaban J connectivity index is 1.51. The lowest BCUT2D eigenvalue weighted by molar-refractivity contribution is 0.849. The summed E-state index contributed by atoms with van der Waals surface area (Å²) in [6.07, 6.45) is 15.5. The monoisotopic (exact) mass is 403 g/mol. The maximum absolute atomic E-state index is 6.18. The Bertz CT molecular complexity index is 997. The van der Waals surface area contributed by atoms with Gasteiger partial charge in [-0.25, -0.2) is 0 Å². The first-order valence-electron chi connectivity index (χ1n) is 9.84. The van der Waals surface area contributed by atoms with E-state index in [1.165, 1.54) is 11.1 Å². The van der Waals surface area contributed by atoms with Crippen molar-refractivity contribution in [2.24, 2.45) is 4.99 Å². The van der Waals surface area contributed by atoms with Gasteiger partial charge in [-0.05, 0) is 47.8 Å². The van der Waals surface area contributed by atoms with Gasteiger partial charge in [-0.1, -0.05) is 55.4 Å². The molecular formula is C25H26ClN3. The Kier molecular flexibility index (Phi) is 7.52. The molecule has 3 nitrogen and oxygen atoms in total. The fourth-order valence-corrected chi connectivity index (χ4v) is 3.22.